The summed E-state index contributed by atoms with van der Waals surface area (Å²) in [6.07, 6.45) is 3.61. The summed E-state index contributed by atoms with van der Waals surface area (Å²) in [5.74, 6) is 0.943. The molecule has 0 aliphatic carbocycles. The summed E-state index contributed by atoms with van der Waals surface area (Å²) in [6, 6.07) is 15.8. The second-order valence-corrected chi connectivity index (χ2v) is 7.18. The average Bonchev–Trinajstić information content (AvgIpc) is 2.73. The summed E-state index contributed by atoms with van der Waals surface area (Å²) in [7, 11) is 0. The molecule has 2 aromatic carbocycles. The van der Waals surface area contributed by atoms with Crippen LogP contribution in [-0.2, 0) is 0 Å². The molecule has 1 amide bonds. The van der Waals surface area contributed by atoms with Gasteiger partial charge >= 0.3 is 0 Å². The summed E-state index contributed by atoms with van der Waals surface area (Å²) < 4.78 is 13.4. The molecule has 1 saturated heterocycles. The fourth-order valence-electron chi connectivity index (χ4n) is 3.74. The molecule has 142 valence electrons. The highest BCUT2D eigenvalue weighted by atomic mass is 19.1. The molecule has 1 aliphatic rings. The van der Waals surface area contributed by atoms with Crippen molar-refractivity contribution in [2.75, 3.05) is 13.1 Å². The minimum atomic E-state index is -0.264. The summed E-state index contributed by atoms with van der Waals surface area (Å²) in [6.45, 7) is 3.34. The zero-order valence-corrected chi connectivity index (χ0v) is 15.8. The molecule has 0 bridgehead atoms. The Bertz CT molecular complexity index is 979. The number of hydrogen-bond donors (Lipinski definition) is 0. The Morgan fingerprint density at radius 1 is 1.04 bits per heavy atom. The number of carbonyl (C=O) groups excluding carboxylic acids is 1. The van der Waals surface area contributed by atoms with Gasteiger partial charge in [-0.25, -0.2) is 14.4 Å². The van der Waals surface area contributed by atoms with Crippen LogP contribution in [0, 0.1) is 12.7 Å². The maximum absolute atomic E-state index is 13.4. The van der Waals surface area contributed by atoms with E-state index in [4.69, 9.17) is 0 Å². The number of piperidine rings is 1. The molecule has 4 rings (SSSR count). The molecule has 0 unspecified atom stereocenters. The quantitative estimate of drug-likeness (QED) is 0.671. The van der Waals surface area contributed by atoms with Crippen molar-refractivity contribution in [2.24, 2.45) is 0 Å². The molecule has 0 spiro atoms. The number of nitrogens with zero attached hydrogens (tertiary/aromatic N) is 3. The van der Waals surface area contributed by atoms with Crippen LogP contribution in [0.4, 0.5) is 4.39 Å². The number of halogens is 1. The van der Waals surface area contributed by atoms with Gasteiger partial charge in [0.1, 0.15) is 11.6 Å². The van der Waals surface area contributed by atoms with Crippen LogP contribution >= 0.6 is 0 Å². The highest BCUT2D eigenvalue weighted by Crippen LogP contribution is 2.28. The van der Waals surface area contributed by atoms with Gasteiger partial charge in [-0.1, -0.05) is 24.3 Å². The number of benzene rings is 2. The Kier molecular flexibility index (Phi) is 5.15. The van der Waals surface area contributed by atoms with Crippen molar-refractivity contribution in [3.8, 4) is 11.1 Å². The molecule has 0 N–H and O–H groups in total. The van der Waals surface area contributed by atoms with Crippen LogP contribution in [0.5, 0.6) is 0 Å². The van der Waals surface area contributed by atoms with Crippen molar-refractivity contribution in [1.82, 2.24) is 14.9 Å². The predicted molar refractivity (Wildman–Crippen MR) is 106 cm³/mol. The topological polar surface area (TPSA) is 46.1 Å². The Morgan fingerprint density at radius 2 is 1.79 bits per heavy atom. The lowest BCUT2D eigenvalue weighted by Gasteiger charge is -2.32. The van der Waals surface area contributed by atoms with Gasteiger partial charge < -0.3 is 4.90 Å². The average molecular weight is 375 g/mol. The molecule has 2 heterocycles. The molecular formula is C23H22FN3O. The molecule has 0 radical (unpaired) electrons. The zero-order chi connectivity index (χ0) is 19.5. The van der Waals surface area contributed by atoms with Crippen LogP contribution in [0.25, 0.3) is 11.1 Å². The van der Waals surface area contributed by atoms with Crippen molar-refractivity contribution in [1.29, 1.82) is 0 Å². The monoisotopic (exact) mass is 375 g/mol. The molecule has 28 heavy (non-hydrogen) atoms. The number of amides is 1. The van der Waals surface area contributed by atoms with Crippen molar-refractivity contribution in [3.63, 3.8) is 0 Å². The van der Waals surface area contributed by atoms with E-state index >= 15 is 0 Å². The lowest BCUT2D eigenvalue weighted by molar-refractivity contribution is 0.0712. The minimum Gasteiger partial charge on any atom is -0.339 e. The number of likely N-dealkylation sites (tertiary alicyclic amines) is 1. The summed E-state index contributed by atoms with van der Waals surface area (Å²) in [4.78, 5) is 23.4. The van der Waals surface area contributed by atoms with E-state index in [9.17, 15) is 9.18 Å². The molecule has 0 atom stereocenters. The number of aryl methyl sites for hydroxylation is 1. The fraction of sp³-hybridized carbons (Fsp3) is 0.261. The van der Waals surface area contributed by atoms with Crippen LogP contribution in [-0.4, -0.2) is 33.9 Å². The van der Waals surface area contributed by atoms with E-state index in [1.807, 2.05) is 48.2 Å². The van der Waals surface area contributed by atoms with Crippen LogP contribution in [0.1, 0.15) is 40.6 Å². The Labute approximate surface area is 164 Å². The van der Waals surface area contributed by atoms with Gasteiger partial charge in [0.2, 0.25) is 0 Å². The standard InChI is InChI=1S/C23H22FN3O/c1-16-25-12-9-22(26-16)18-10-13-27(14-11-18)23(28)19-7-5-17(6-8-19)20-3-2-4-21(24)15-20/h2-9,12,15,18H,10-11,13-14H2,1H3. The number of aromatic nitrogens is 2. The van der Waals surface area contributed by atoms with E-state index in [0.29, 0.717) is 11.5 Å². The van der Waals surface area contributed by atoms with E-state index in [1.165, 1.54) is 12.1 Å². The van der Waals surface area contributed by atoms with Crippen LogP contribution < -0.4 is 0 Å². The summed E-state index contributed by atoms with van der Waals surface area (Å²) in [5, 5.41) is 0. The second-order valence-electron chi connectivity index (χ2n) is 7.18. The SMILES string of the molecule is Cc1nccc(C2CCN(C(=O)c3ccc(-c4cccc(F)c4)cc3)CC2)n1. The number of hydrogen-bond acceptors (Lipinski definition) is 3. The van der Waals surface area contributed by atoms with Gasteiger partial charge in [-0.05, 0) is 61.2 Å². The Hall–Kier alpha value is -3.08. The van der Waals surface area contributed by atoms with Crippen molar-refractivity contribution in [3.05, 3.63) is 83.7 Å². The van der Waals surface area contributed by atoms with Gasteiger partial charge in [-0.2, -0.15) is 0 Å². The van der Waals surface area contributed by atoms with Gasteiger partial charge in [-0.15, -0.1) is 0 Å². The molecule has 1 aliphatic heterocycles. The van der Waals surface area contributed by atoms with Crippen molar-refractivity contribution >= 4 is 5.91 Å². The highest BCUT2D eigenvalue weighted by molar-refractivity contribution is 5.94. The highest BCUT2D eigenvalue weighted by Gasteiger charge is 2.25. The third-order valence-corrected chi connectivity index (χ3v) is 5.29. The lowest BCUT2D eigenvalue weighted by Crippen LogP contribution is -2.38. The molecule has 4 nitrogen and oxygen atoms in total. The molecule has 0 saturated carbocycles. The van der Waals surface area contributed by atoms with Gasteiger partial charge in [0.15, 0.2) is 0 Å². The zero-order valence-electron chi connectivity index (χ0n) is 15.8. The maximum Gasteiger partial charge on any atom is 0.253 e. The number of rotatable bonds is 3. The van der Waals surface area contributed by atoms with Gasteiger partial charge in [0, 0.05) is 36.5 Å². The largest absolute Gasteiger partial charge is 0.339 e. The normalized spacial score (nSPS) is 14.9. The minimum absolute atomic E-state index is 0.0445. The van der Waals surface area contributed by atoms with Gasteiger partial charge in [0.05, 0.1) is 0 Å². The first-order chi connectivity index (χ1) is 13.6. The van der Waals surface area contributed by atoms with E-state index < -0.39 is 0 Å². The van der Waals surface area contributed by atoms with E-state index in [0.717, 1.165) is 48.6 Å². The smallest absolute Gasteiger partial charge is 0.253 e. The van der Waals surface area contributed by atoms with Gasteiger partial charge in [-0.3, -0.25) is 4.79 Å². The van der Waals surface area contributed by atoms with Crippen molar-refractivity contribution in [2.45, 2.75) is 25.7 Å². The lowest BCUT2D eigenvalue weighted by atomic mass is 9.93. The first-order valence-electron chi connectivity index (χ1n) is 9.55. The molecule has 1 fully saturated rings. The molecule has 1 aromatic heterocycles. The van der Waals surface area contributed by atoms with Crippen LogP contribution in [0.3, 0.4) is 0 Å². The third kappa shape index (κ3) is 3.93. The first-order valence-corrected chi connectivity index (χ1v) is 9.55. The second kappa shape index (κ2) is 7.89. The predicted octanol–water partition coefficient (Wildman–Crippen LogP) is 4.61. The summed E-state index contributed by atoms with van der Waals surface area (Å²) >= 11 is 0. The van der Waals surface area contributed by atoms with E-state index in [1.54, 1.807) is 12.3 Å². The number of carbonyl (C=O) groups is 1. The maximum atomic E-state index is 13.4. The molecule has 3 aromatic rings. The van der Waals surface area contributed by atoms with E-state index in [-0.39, 0.29) is 11.7 Å². The van der Waals surface area contributed by atoms with E-state index in [2.05, 4.69) is 9.97 Å². The first kappa shape index (κ1) is 18.3. The summed E-state index contributed by atoms with van der Waals surface area (Å²) in [5.41, 5.74) is 3.43. The molecular weight excluding hydrogens is 353 g/mol. The molecule has 5 heteroatoms. The Morgan fingerprint density at radius 3 is 2.46 bits per heavy atom. The van der Waals surface area contributed by atoms with Crippen molar-refractivity contribution < 1.29 is 9.18 Å². The Balaban J connectivity index is 1.41. The third-order valence-electron chi connectivity index (χ3n) is 5.29. The van der Waals surface area contributed by atoms with Crippen LogP contribution in [0.15, 0.2) is 60.8 Å². The van der Waals surface area contributed by atoms with Crippen LogP contribution in [0.2, 0.25) is 0 Å². The van der Waals surface area contributed by atoms with Gasteiger partial charge in [0.25, 0.3) is 5.91 Å². The fourth-order valence-corrected chi connectivity index (χ4v) is 3.74.